The van der Waals surface area contributed by atoms with Crippen LogP contribution in [0.25, 0.3) is 0 Å². The Morgan fingerprint density at radius 1 is 1.19 bits per heavy atom. The largest absolute Gasteiger partial charge is 0.340 e. The SMILES string of the molecule is CN(Cc1ccccn1)C(=O)C[C@H]1CN(C(=O)c2cccc(C#N)c2)Cc2ccnn21. The molecule has 156 valence electrons. The Balaban J connectivity index is 1.49. The first-order valence-corrected chi connectivity index (χ1v) is 10.0. The maximum atomic E-state index is 13.1. The molecular weight excluding hydrogens is 392 g/mol. The second-order valence-electron chi connectivity index (χ2n) is 7.57. The van der Waals surface area contributed by atoms with E-state index in [9.17, 15) is 9.59 Å². The van der Waals surface area contributed by atoms with Gasteiger partial charge in [-0.15, -0.1) is 0 Å². The molecule has 2 aromatic heterocycles. The third kappa shape index (κ3) is 4.46. The van der Waals surface area contributed by atoms with Crippen LogP contribution < -0.4 is 0 Å². The Bertz CT molecular complexity index is 1130. The number of aromatic nitrogens is 3. The smallest absolute Gasteiger partial charge is 0.254 e. The molecule has 0 fully saturated rings. The molecule has 1 atom stereocenters. The van der Waals surface area contributed by atoms with Crippen LogP contribution in [0.3, 0.4) is 0 Å². The van der Waals surface area contributed by atoms with E-state index >= 15 is 0 Å². The van der Waals surface area contributed by atoms with Crippen molar-refractivity contribution in [2.24, 2.45) is 0 Å². The second-order valence-corrected chi connectivity index (χ2v) is 7.57. The topological polar surface area (TPSA) is 95.1 Å². The van der Waals surface area contributed by atoms with E-state index in [0.29, 0.717) is 30.8 Å². The van der Waals surface area contributed by atoms with Gasteiger partial charge in [0.25, 0.3) is 5.91 Å². The number of nitriles is 1. The van der Waals surface area contributed by atoms with Gasteiger partial charge in [0.1, 0.15) is 0 Å². The molecule has 0 unspecified atom stereocenters. The van der Waals surface area contributed by atoms with Crippen molar-refractivity contribution in [3.63, 3.8) is 0 Å². The van der Waals surface area contributed by atoms with Gasteiger partial charge in [0.05, 0.1) is 48.6 Å². The zero-order chi connectivity index (χ0) is 21.8. The molecule has 0 radical (unpaired) electrons. The Morgan fingerprint density at radius 3 is 2.84 bits per heavy atom. The van der Waals surface area contributed by atoms with Crippen LogP contribution in [-0.4, -0.2) is 50.0 Å². The zero-order valence-electron chi connectivity index (χ0n) is 17.2. The van der Waals surface area contributed by atoms with Gasteiger partial charge < -0.3 is 9.80 Å². The van der Waals surface area contributed by atoms with Crippen LogP contribution >= 0.6 is 0 Å². The van der Waals surface area contributed by atoms with E-state index in [4.69, 9.17) is 5.26 Å². The number of rotatable bonds is 5. The maximum absolute atomic E-state index is 13.1. The number of pyridine rings is 1. The lowest BCUT2D eigenvalue weighted by Crippen LogP contribution is -2.43. The number of carbonyl (C=O) groups is 2. The van der Waals surface area contributed by atoms with Gasteiger partial charge in [0, 0.05) is 31.5 Å². The number of nitrogens with zero attached hydrogens (tertiary/aromatic N) is 6. The highest BCUT2D eigenvalue weighted by atomic mass is 16.2. The first-order valence-electron chi connectivity index (χ1n) is 10.0. The molecule has 3 aromatic rings. The summed E-state index contributed by atoms with van der Waals surface area (Å²) in [5, 5.41) is 13.5. The third-order valence-corrected chi connectivity index (χ3v) is 5.37. The standard InChI is InChI=1S/C23H22N6O2/c1-27(14-19-7-2-3-9-25-19)22(30)12-21-16-28(15-20-8-10-26-29(20)21)23(31)18-6-4-5-17(11-18)13-24/h2-11,21H,12,14-16H2,1H3/t21-/m0/s1. The number of fused-ring (bicyclic) bond motifs is 1. The maximum Gasteiger partial charge on any atom is 0.254 e. The first kappa shape index (κ1) is 20.3. The highest BCUT2D eigenvalue weighted by Crippen LogP contribution is 2.25. The van der Waals surface area contributed by atoms with Gasteiger partial charge in [-0.05, 0) is 36.4 Å². The average molecular weight is 414 g/mol. The number of benzene rings is 1. The summed E-state index contributed by atoms with van der Waals surface area (Å²) in [6.07, 6.45) is 3.62. The Labute approximate surface area is 180 Å². The molecular formula is C23H22N6O2. The van der Waals surface area contributed by atoms with Gasteiger partial charge in [0.2, 0.25) is 5.91 Å². The van der Waals surface area contributed by atoms with Crippen molar-refractivity contribution >= 4 is 11.8 Å². The molecule has 4 rings (SSSR count). The van der Waals surface area contributed by atoms with Crippen molar-refractivity contribution in [3.8, 4) is 6.07 Å². The summed E-state index contributed by atoms with van der Waals surface area (Å²) in [7, 11) is 1.75. The molecule has 8 heteroatoms. The van der Waals surface area contributed by atoms with Gasteiger partial charge in [-0.2, -0.15) is 10.4 Å². The number of hydrogen-bond acceptors (Lipinski definition) is 5. The van der Waals surface area contributed by atoms with Crippen molar-refractivity contribution in [1.82, 2.24) is 24.6 Å². The molecule has 0 saturated carbocycles. The third-order valence-electron chi connectivity index (χ3n) is 5.37. The van der Waals surface area contributed by atoms with Crippen LogP contribution in [-0.2, 0) is 17.9 Å². The summed E-state index contributed by atoms with van der Waals surface area (Å²) in [6.45, 7) is 1.19. The van der Waals surface area contributed by atoms with Crippen LogP contribution in [0.1, 0.15) is 39.8 Å². The van der Waals surface area contributed by atoms with Crippen molar-refractivity contribution in [2.75, 3.05) is 13.6 Å². The van der Waals surface area contributed by atoms with Crippen LogP contribution in [0.15, 0.2) is 60.9 Å². The molecule has 3 heterocycles. The molecule has 2 amide bonds. The van der Waals surface area contributed by atoms with Crippen LogP contribution in [0.5, 0.6) is 0 Å². The summed E-state index contributed by atoms with van der Waals surface area (Å²) < 4.78 is 1.84. The van der Waals surface area contributed by atoms with E-state index in [0.717, 1.165) is 11.4 Å². The molecule has 1 aromatic carbocycles. The molecule has 0 spiro atoms. The summed E-state index contributed by atoms with van der Waals surface area (Å²) in [4.78, 5) is 33.6. The molecule has 0 bridgehead atoms. The predicted molar refractivity (Wildman–Crippen MR) is 112 cm³/mol. The van der Waals surface area contributed by atoms with Crippen LogP contribution in [0.4, 0.5) is 0 Å². The van der Waals surface area contributed by atoms with Gasteiger partial charge >= 0.3 is 0 Å². The van der Waals surface area contributed by atoms with Crippen molar-refractivity contribution in [2.45, 2.75) is 25.6 Å². The summed E-state index contributed by atoms with van der Waals surface area (Å²) in [5.41, 5.74) is 2.59. The second kappa shape index (κ2) is 8.79. The van der Waals surface area contributed by atoms with Gasteiger partial charge in [-0.25, -0.2) is 0 Å². The quantitative estimate of drug-likeness (QED) is 0.639. The van der Waals surface area contributed by atoms with E-state index in [2.05, 4.69) is 16.2 Å². The lowest BCUT2D eigenvalue weighted by molar-refractivity contribution is -0.131. The van der Waals surface area contributed by atoms with E-state index in [-0.39, 0.29) is 24.3 Å². The van der Waals surface area contributed by atoms with Crippen LogP contribution in [0, 0.1) is 11.3 Å². The van der Waals surface area contributed by atoms with Gasteiger partial charge in [-0.1, -0.05) is 12.1 Å². The minimum atomic E-state index is -0.263. The van der Waals surface area contributed by atoms with Gasteiger partial charge in [-0.3, -0.25) is 19.3 Å². The molecule has 0 aliphatic carbocycles. The summed E-state index contributed by atoms with van der Waals surface area (Å²) >= 11 is 0. The lowest BCUT2D eigenvalue weighted by atomic mass is 10.1. The van der Waals surface area contributed by atoms with Gasteiger partial charge in [0.15, 0.2) is 0 Å². The summed E-state index contributed by atoms with van der Waals surface area (Å²) in [5.74, 6) is -0.207. The van der Waals surface area contributed by atoms with E-state index < -0.39 is 0 Å². The minimum Gasteiger partial charge on any atom is -0.340 e. The molecule has 1 aliphatic rings. The number of hydrogen-bond donors (Lipinski definition) is 0. The van der Waals surface area contributed by atoms with Crippen molar-refractivity contribution in [3.05, 3.63) is 83.4 Å². The fourth-order valence-electron chi connectivity index (χ4n) is 3.78. The fraction of sp³-hybridized carbons (Fsp3) is 0.261. The Hall–Kier alpha value is -3.99. The highest BCUT2D eigenvalue weighted by Gasteiger charge is 2.31. The monoisotopic (exact) mass is 414 g/mol. The van der Waals surface area contributed by atoms with E-state index in [1.165, 1.54) is 0 Å². The molecule has 1 aliphatic heterocycles. The lowest BCUT2D eigenvalue weighted by Gasteiger charge is -2.34. The Morgan fingerprint density at radius 2 is 2.06 bits per heavy atom. The van der Waals surface area contributed by atoms with Crippen LogP contribution in [0.2, 0.25) is 0 Å². The zero-order valence-corrected chi connectivity index (χ0v) is 17.2. The van der Waals surface area contributed by atoms with E-state index in [1.54, 1.807) is 53.5 Å². The highest BCUT2D eigenvalue weighted by molar-refractivity contribution is 5.94. The van der Waals surface area contributed by atoms with Crippen molar-refractivity contribution < 1.29 is 9.59 Å². The summed E-state index contributed by atoms with van der Waals surface area (Å²) in [6, 6.07) is 15.9. The molecule has 31 heavy (non-hydrogen) atoms. The van der Waals surface area contributed by atoms with E-state index in [1.807, 2.05) is 28.9 Å². The minimum absolute atomic E-state index is 0.0436. The van der Waals surface area contributed by atoms with Crippen molar-refractivity contribution in [1.29, 1.82) is 5.26 Å². The first-order chi connectivity index (χ1) is 15.0. The normalized spacial score (nSPS) is 15.1. The molecule has 0 N–H and O–H groups in total. The average Bonchev–Trinajstić information content (AvgIpc) is 3.28. The predicted octanol–water partition coefficient (Wildman–Crippen LogP) is 2.40. The number of amides is 2. The fourth-order valence-corrected chi connectivity index (χ4v) is 3.78. The molecule has 0 saturated heterocycles. The molecule has 8 nitrogen and oxygen atoms in total. The Kier molecular flexibility index (Phi) is 5.76. The number of carbonyl (C=O) groups excluding carboxylic acids is 2.